The summed E-state index contributed by atoms with van der Waals surface area (Å²) in [7, 11) is 0. The predicted octanol–water partition coefficient (Wildman–Crippen LogP) is 3.13. The normalized spacial score (nSPS) is 15.9. The maximum absolute atomic E-state index is 12.7. The maximum Gasteiger partial charge on any atom is 0.257 e. The first-order valence-corrected chi connectivity index (χ1v) is 11.6. The predicted molar refractivity (Wildman–Crippen MR) is 130 cm³/mol. The second kappa shape index (κ2) is 9.02. The van der Waals surface area contributed by atoms with Crippen LogP contribution in [-0.2, 0) is 4.79 Å². The molecule has 1 aliphatic heterocycles. The molecule has 3 N–H and O–H groups in total. The van der Waals surface area contributed by atoms with Crippen LogP contribution in [0.3, 0.4) is 0 Å². The molecule has 0 spiro atoms. The lowest BCUT2D eigenvalue weighted by Crippen LogP contribution is -2.40. The van der Waals surface area contributed by atoms with Crippen LogP contribution >= 0.6 is 11.3 Å². The summed E-state index contributed by atoms with van der Waals surface area (Å²) < 4.78 is 1.83. The molecule has 34 heavy (non-hydrogen) atoms. The van der Waals surface area contributed by atoms with Crippen LogP contribution in [0.4, 0.5) is 11.6 Å². The lowest BCUT2D eigenvalue weighted by atomic mass is 10.1. The topological polar surface area (TPSA) is 132 Å². The lowest BCUT2D eigenvalue weighted by Gasteiger charge is -2.32. The molecule has 10 nitrogen and oxygen atoms in total. The van der Waals surface area contributed by atoms with Crippen LogP contribution in [0.15, 0.2) is 54.8 Å². The number of nitrogens with two attached hydrogens (primary N) is 1. The van der Waals surface area contributed by atoms with Gasteiger partial charge in [0.15, 0.2) is 5.65 Å². The van der Waals surface area contributed by atoms with E-state index in [-0.39, 0.29) is 17.9 Å². The molecule has 5 rings (SSSR count). The van der Waals surface area contributed by atoms with Crippen LogP contribution in [-0.4, -0.2) is 54.5 Å². The lowest BCUT2D eigenvalue weighted by molar-refractivity contribution is -0.127. The van der Waals surface area contributed by atoms with Gasteiger partial charge in [-0.05, 0) is 37.1 Å². The maximum atomic E-state index is 12.7. The van der Waals surface area contributed by atoms with Crippen molar-refractivity contribution in [2.45, 2.75) is 18.9 Å². The Morgan fingerprint density at radius 3 is 2.94 bits per heavy atom. The van der Waals surface area contributed by atoms with Gasteiger partial charge in [0.1, 0.15) is 23.7 Å². The van der Waals surface area contributed by atoms with Gasteiger partial charge >= 0.3 is 0 Å². The number of nitrogens with one attached hydrogen (secondary N) is 1. The Kier molecular flexibility index (Phi) is 5.76. The molecule has 4 aromatic rings. The Morgan fingerprint density at radius 2 is 2.15 bits per heavy atom. The summed E-state index contributed by atoms with van der Waals surface area (Å²) in [6.45, 7) is 4.79. The monoisotopic (exact) mass is 474 g/mol. The van der Waals surface area contributed by atoms with Crippen molar-refractivity contribution >= 4 is 45.8 Å². The summed E-state index contributed by atoms with van der Waals surface area (Å²) in [6.07, 6.45) is 6.06. The summed E-state index contributed by atoms with van der Waals surface area (Å²) in [6, 6.07) is 7.03. The fraction of sp³-hybridized carbons (Fsp3) is 0.217. The average molecular weight is 475 g/mol. The fourth-order valence-electron chi connectivity index (χ4n) is 4.11. The summed E-state index contributed by atoms with van der Waals surface area (Å²) >= 11 is 1.39. The van der Waals surface area contributed by atoms with Gasteiger partial charge in [0.2, 0.25) is 5.91 Å². The van der Waals surface area contributed by atoms with E-state index in [0.29, 0.717) is 47.0 Å². The third kappa shape index (κ3) is 4.01. The summed E-state index contributed by atoms with van der Waals surface area (Å²) in [4.78, 5) is 40.2. The van der Waals surface area contributed by atoms with E-state index >= 15 is 0 Å². The molecule has 1 saturated heterocycles. The Hall–Kier alpha value is -4.12. The van der Waals surface area contributed by atoms with Crippen molar-refractivity contribution in [3.05, 3.63) is 60.4 Å². The van der Waals surface area contributed by atoms with Crippen LogP contribution < -0.4 is 11.1 Å². The van der Waals surface area contributed by atoms with Gasteiger partial charge in [0.05, 0.1) is 21.9 Å². The molecule has 5 heterocycles. The minimum Gasteiger partial charge on any atom is -0.383 e. The second-order valence-corrected chi connectivity index (χ2v) is 8.82. The van der Waals surface area contributed by atoms with Gasteiger partial charge in [-0.3, -0.25) is 9.59 Å². The van der Waals surface area contributed by atoms with Crippen LogP contribution in [0.25, 0.3) is 21.6 Å². The first-order valence-electron chi connectivity index (χ1n) is 10.8. The van der Waals surface area contributed by atoms with E-state index in [2.05, 4.69) is 26.8 Å². The van der Waals surface area contributed by atoms with E-state index in [4.69, 9.17) is 10.8 Å². The molecule has 172 valence electrons. The van der Waals surface area contributed by atoms with Crippen molar-refractivity contribution in [2.24, 2.45) is 0 Å². The summed E-state index contributed by atoms with van der Waals surface area (Å²) in [5.41, 5.74) is 7.95. The van der Waals surface area contributed by atoms with Crippen molar-refractivity contribution in [3.63, 3.8) is 0 Å². The Labute approximate surface area is 199 Å². The molecule has 0 aromatic carbocycles. The zero-order valence-corrected chi connectivity index (χ0v) is 19.0. The van der Waals surface area contributed by atoms with E-state index in [1.165, 1.54) is 23.7 Å². The van der Waals surface area contributed by atoms with Crippen LogP contribution in [0, 0.1) is 0 Å². The number of carbonyl (C=O) groups is 2. The van der Waals surface area contributed by atoms with Crippen molar-refractivity contribution in [2.75, 3.05) is 24.1 Å². The SMILES string of the molecule is C=CC(=O)N1CCC[C@@H](n2nc(-c3cc(C(=O)Nc4ccccn4)cs3)c3c(N)ncnc32)C1. The van der Waals surface area contributed by atoms with Gasteiger partial charge in [-0.15, -0.1) is 11.3 Å². The number of piperidine rings is 1. The summed E-state index contributed by atoms with van der Waals surface area (Å²) in [5, 5.41) is 10.0. The molecule has 0 bridgehead atoms. The number of amides is 2. The van der Waals surface area contributed by atoms with Crippen LogP contribution in [0.5, 0.6) is 0 Å². The first-order chi connectivity index (χ1) is 16.5. The molecule has 0 saturated carbocycles. The standard InChI is InChI=1S/C23H22N8O2S/c1-2-18(32)30-9-5-6-15(11-30)31-22-19(21(24)26-13-27-22)20(29-31)16-10-14(12-34-16)23(33)28-17-7-3-4-8-25-17/h2-4,7-8,10,12-13,15H,1,5-6,9,11H2,(H2,24,26,27)(H,25,28,33)/t15-/m1/s1. The highest BCUT2D eigenvalue weighted by Crippen LogP contribution is 2.36. The van der Waals surface area contributed by atoms with Gasteiger partial charge in [-0.1, -0.05) is 12.6 Å². The third-order valence-electron chi connectivity index (χ3n) is 5.75. The zero-order chi connectivity index (χ0) is 23.7. The molecule has 0 aliphatic carbocycles. The highest BCUT2D eigenvalue weighted by atomic mass is 32.1. The van der Waals surface area contributed by atoms with Crippen LogP contribution in [0.1, 0.15) is 29.2 Å². The molecule has 1 aliphatic rings. The zero-order valence-electron chi connectivity index (χ0n) is 18.2. The van der Waals surface area contributed by atoms with Crippen LogP contribution in [0.2, 0.25) is 0 Å². The number of hydrogen-bond donors (Lipinski definition) is 2. The molecule has 1 atom stereocenters. The number of fused-ring (bicyclic) bond motifs is 1. The van der Waals surface area contributed by atoms with E-state index in [0.717, 1.165) is 17.7 Å². The van der Waals surface area contributed by atoms with E-state index in [1.54, 1.807) is 40.7 Å². The van der Waals surface area contributed by atoms with E-state index in [9.17, 15) is 9.59 Å². The highest BCUT2D eigenvalue weighted by molar-refractivity contribution is 7.14. The van der Waals surface area contributed by atoms with E-state index < -0.39 is 0 Å². The smallest absolute Gasteiger partial charge is 0.257 e. The van der Waals surface area contributed by atoms with Crippen molar-refractivity contribution in [1.29, 1.82) is 0 Å². The molecule has 11 heteroatoms. The van der Waals surface area contributed by atoms with Crippen molar-refractivity contribution in [3.8, 4) is 10.6 Å². The summed E-state index contributed by atoms with van der Waals surface area (Å²) in [5.74, 6) is 0.426. The number of carbonyl (C=O) groups excluding carboxylic acids is 2. The number of nitrogen functional groups attached to an aromatic ring is 1. The quantitative estimate of drug-likeness (QED) is 0.425. The molecule has 4 aromatic heterocycles. The number of nitrogens with zero attached hydrogens (tertiary/aromatic N) is 6. The molecule has 0 radical (unpaired) electrons. The van der Waals surface area contributed by atoms with Crippen molar-refractivity contribution < 1.29 is 9.59 Å². The number of anilines is 2. The minimum atomic E-state index is -0.264. The molecule has 1 fully saturated rings. The van der Waals surface area contributed by atoms with E-state index in [1.807, 2.05) is 4.68 Å². The number of likely N-dealkylation sites (tertiary alicyclic amines) is 1. The van der Waals surface area contributed by atoms with Gasteiger partial charge < -0.3 is 16.0 Å². The fourth-order valence-corrected chi connectivity index (χ4v) is 4.99. The van der Waals surface area contributed by atoms with Crippen molar-refractivity contribution in [1.82, 2.24) is 29.6 Å². The molecular formula is C23H22N8O2S. The number of rotatable bonds is 5. The Balaban J connectivity index is 1.50. The second-order valence-electron chi connectivity index (χ2n) is 7.90. The van der Waals surface area contributed by atoms with Gasteiger partial charge in [0.25, 0.3) is 5.91 Å². The molecule has 2 amide bonds. The number of thiophene rings is 1. The average Bonchev–Trinajstić information content (AvgIpc) is 3.50. The Morgan fingerprint density at radius 1 is 1.26 bits per heavy atom. The number of aromatic nitrogens is 5. The van der Waals surface area contributed by atoms with Gasteiger partial charge in [0, 0.05) is 24.7 Å². The Bertz CT molecular complexity index is 1380. The molecular weight excluding hydrogens is 452 g/mol. The third-order valence-corrected chi connectivity index (χ3v) is 6.69. The minimum absolute atomic E-state index is 0.0601. The largest absolute Gasteiger partial charge is 0.383 e. The highest BCUT2D eigenvalue weighted by Gasteiger charge is 2.28. The molecule has 0 unspecified atom stereocenters. The number of pyridine rings is 1. The number of hydrogen-bond acceptors (Lipinski definition) is 8. The first kappa shape index (κ1) is 21.7. The van der Waals surface area contributed by atoms with Gasteiger partial charge in [-0.25, -0.2) is 19.6 Å². The van der Waals surface area contributed by atoms with Gasteiger partial charge in [-0.2, -0.15) is 5.10 Å².